The van der Waals surface area contributed by atoms with Gasteiger partial charge in [0.2, 0.25) is 0 Å². The zero-order valence-electron chi connectivity index (χ0n) is 17.3. The van der Waals surface area contributed by atoms with Gasteiger partial charge in [0.25, 0.3) is 5.91 Å². The summed E-state index contributed by atoms with van der Waals surface area (Å²) in [5.74, 6) is 0.541. The minimum absolute atomic E-state index is 0.132. The molecule has 5 nitrogen and oxygen atoms in total. The average molecular weight is 462 g/mol. The predicted octanol–water partition coefficient (Wildman–Crippen LogP) is 6.39. The van der Waals surface area contributed by atoms with Gasteiger partial charge in [-0.2, -0.15) is 5.10 Å². The van der Waals surface area contributed by atoms with Crippen LogP contribution in [-0.4, -0.2) is 22.2 Å². The first-order chi connectivity index (χ1) is 15.6. The van der Waals surface area contributed by atoms with E-state index in [2.05, 4.69) is 10.2 Å². The lowest BCUT2D eigenvalue weighted by atomic mass is 10.1. The highest BCUT2D eigenvalue weighted by molar-refractivity contribution is 8.18. The van der Waals surface area contributed by atoms with Gasteiger partial charge in [0.15, 0.2) is 5.17 Å². The van der Waals surface area contributed by atoms with Crippen molar-refractivity contribution in [2.75, 3.05) is 0 Å². The number of hydrogen-bond donors (Lipinski definition) is 0. The van der Waals surface area contributed by atoms with E-state index in [1.165, 1.54) is 11.8 Å². The SMILES string of the molecule is CC(/C=C1\S/C(=N\N=C\c2ccc(Cl)cc2)N(Cc2ccco2)C1=O)=C\c1ccccc1. The van der Waals surface area contributed by atoms with Crippen molar-refractivity contribution in [3.05, 3.63) is 111 Å². The largest absolute Gasteiger partial charge is 0.467 e. The van der Waals surface area contributed by atoms with Gasteiger partial charge in [-0.3, -0.25) is 9.69 Å². The van der Waals surface area contributed by atoms with Crippen LogP contribution in [0.1, 0.15) is 23.8 Å². The fourth-order valence-electron chi connectivity index (χ4n) is 3.03. The number of amidine groups is 1. The third-order valence-corrected chi connectivity index (χ3v) is 5.80. The van der Waals surface area contributed by atoms with Gasteiger partial charge in [0.05, 0.1) is 23.9 Å². The van der Waals surface area contributed by atoms with Crippen molar-refractivity contribution in [2.24, 2.45) is 10.2 Å². The third-order valence-electron chi connectivity index (χ3n) is 4.55. The minimum atomic E-state index is -0.132. The highest BCUT2D eigenvalue weighted by Gasteiger charge is 2.34. The van der Waals surface area contributed by atoms with Crippen LogP contribution < -0.4 is 0 Å². The van der Waals surface area contributed by atoms with Gasteiger partial charge in [-0.05, 0) is 65.7 Å². The highest BCUT2D eigenvalue weighted by Crippen LogP contribution is 2.33. The number of thioether (sulfide) groups is 1. The lowest BCUT2D eigenvalue weighted by Crippen LogP contribution is -2.28. The zero-order valence-corrected chi connectivity index (χ0v) is 18.9. The Morgan fingerprint density at radius 2 is 1.84 bits per heavy atom. The van der Waals surface area contributed by atoms with Crippen LogP contribution in [0.5, 0.6) is 0 Å². The maximum absolute atomic E-state index is 13.1. The van der Waals surface area contributed by atoms with E-state index in [1.807, 2.05) is 67.6 Å². The van der Waals surface area contributed by atoms with Crippen molar-refractivity contribution in [3.63, 3.8) is 0 Å². The number of nitrogens with zero attached hydrogens (tertiary/aromatic N) is 3. The molecule has 0 spiro atoms. The topological polar surface area (TPSA) is 58.2 Å². The van der Waals surface area contributed by atoms with Crippen molar-refractivity contribution in [2.45, 2.75) is 13.5 Å². The van der Waals surface area contributed by atoms with E-state index in [9.17, 15) is 4.79 Å². The first-order valence-corrected chi connectivity index (χ1v) is 11.1. The molecule has 0 bridgehead atoms. The standard InChI is InChI=1S/C25H20ClN3O2S/c1-18(14-19-6-3-2-4-7-19)15-23-24(30)29(17-22-8-5-13-31-22)25(32-23)28-27-16-20-9-11-21(26)12-10-20/h2-16H,17H2,1H3/b18-14+,23-15-,27-16+,28-25-. The molecule has 0 N–H and O–H groups in total. The fourth-order valence-corrected chi connectivity index (χ4v) is 4.15. The molecule has 1 saturated heterocycles. The smallest absolute Gasteiger partial charge is 0.267 e. The Morgan fingerprint density at radius 3 is 2.56 bits per heavy atom. The molecule has 1 amide bonds. The molecule has 2 aromatic carbocycles. The lowest BCUT2D eigenvalue weighted by Gasteiger charge is -2.12. The second-order valence-electron chi connectivity index (χ2n) is 7.06. The number of amides is 1. The molecule has 1 aromatic heterocycles. The molecule has 1 aliphatic heterocycles. The summed E-state index contributed by atoms with van der Waals surface area (Å²) in [6.07, 6.45) is 7.12. The number of carbonyl (C=O) groups is 1. The molecule has 1 aliphatic rings. The van der Waals surface area contributed by atoms with E-state index in [-0.39, 0.29) is 12.5 Å². The summed E-state index contributed by atoms with van der Waals surface area (Å²) in [5, 5.41) is 9.65. The van der Waals surface area contributed by atoms with Crippen molar-refractivity contribution >= 4 is 46.7 Å². The van der Waals surface area contributed by atoms with Gasteiger partial charge >= 0.3 is 0 Å². The highest BCUT2D eigenvalue weighted by atomic mass is 35.5. The first-order valence-electron chi connectivity index (χ1n) is 9.92. The Kier molecular flexibility index (Phi) is 7.04. The zero-order chi connectivity index (χ0) is 22.3. The molecule has 0 atom stereocenters. The van der Waals surface area contributed by atoms with Crippen LogP contribution in [-0.2, 0) is 11.3 Å². The molecular weight excluding hydrogens is 442 g/mol. The number of carbonyl (C=O) groups excluding carboxylic acids is 1. The van der Waals surface area contributed by atoms with E-state index in [4.69, 9.17) is 16.0 Å². The third kappa shape index (κ3) is 5.66. The lowest BCUT2D eigenvalue weighted by molar-refractivity contribution is -0.122. The van der Waals surface area contributed by atoms with Crippen molar-refractivity contribution in [1.82, 2.24) is 4.90 Å². The van der Waals surface area contributed by atoms with E-state index in [0.717, 1.165) is 16.7 Å². The fraction of sp³-hybridized carbons (Fsp3) is 0.0800. The van der Waals surface area contributed by atoms with Gasteiger partial charge < -0.3 is 4.42 Å². The van der Waals surface area contributed by atoms with Gasteiger partial charge in [-0.15, -0.1) is 5.10 Å². The van der Waals surface area contributed by atoms with Crippen LogP contribution in [0, 0.1) is 0 Å². The Balaban J connectivity index is 1.59. The minimum Gasteiger partial charge on any atom is -0.467 e. The number of benzene rings is 2. The Labute approximate surface area is 195 Å². The van der Waals surface area contributed by atoms with Gasteiger partial charge in [0.1, 0.15) is 5.76 Å². The van der Waals surface area contributed by atoms with Crippen LogP contribution in [0.15, 0.2) is 104 Å². The van der Waals surface area contributed by atoms with Crippen molar-refractivity contribution < 1.29 is 9.21 Å². The van der Waals surface area contributed by atoms with Crippen molar-refractivity contribution in [3.8, 4) is 0 Å². The van der Waals surface area contributed by atoms with E-state index in [1.54, 1.807) is 35.6 Å². The quantitative estimate of drug-likeness (QED) is 0.243. The number of hydrogen-bond acceptors (Lipinski definition) is 5. The van der Waals surface area contributed by atoms with Crippen LogP contribution in [0.2, 0.25) is 5.02 Å². The maximum atomic E-state index is 13.1. The molecule has 7 heteroatoms. The number of allylic oxidation sites excluding steroid dienone is 2. The number of furan rings is 1. The summed E-state index contributed by atoms with van der Waals surface area (Å²) in [6, 6.07) is 20.9. The first kappa shape index (κ1) is 21.9. The monoisotopic (exact) mass is 461 g/mol. The second kappa shape index (κ2) is 10.3. The number of halogens is 1. The van der Waals surface area contributed by atoms with Gasteiger partial charge in [-0.1, -0.05) is 60.1 Å². The molecule has 160 valence electrons. The summed E-state index contributed by atoms with van der Waals surface area (Å²) in [7, 11) is 0. The molecule has 0 saturated carbocycles. The summed E-state index contributed by atoms with van der Waals surface area (Å²) < 4.78 is 5.43. The Morgan fingerprint density at radius 1 is 1.06 bits per heavy atom. The average Bonchev–Trinajstić information content (AvgIpc) is 3.40. The molecule has 1 fully saturated rings. The van der Waals surface area contributed by atoms with Crippen LogP contribution in [0.4, 0.5) is 0 Å². The van der Waals surface area contributed by atoms with E-state index < -0.39 is 0 Å². The normalized spacial score (nSPS) is 17.2. The molecule has 2 heterocycles. The van der Waals surface area contributed by atoms with Gasteiger partial charge in [0, 0.05) is 5.02 Å². The van der Waals surface area contributed by atoms with Crippen LogP contribution in [0.3, 0.4) is 0 Å². The van der Waals surface area contributed by atoms with E-state index in [0.29, 0.717) is 20.9 Å². The van der Waals surface area contributed by atoms with Crippen molar-refractivity contribution in [1.29, 1.82) is 0 Å². The molecule has 32 heavy (non-hydrogen) atoms. The van der Waals surface area contributed by atoms with Gasteiger partial charge in [-0.25, -0.2) is 0 Å². The Hall–Kier alpha value is -3.35. The summed E-state index contributed by atoms with van der Waals surface area (Å²) in [4.78, 5) is 15.3. The van der Waals surface area contributed by atoms with E-state index >= 15 is 0 Å². The molecule has 0 unspecified atom stereocenters. The molecule has 4 rings (SSSR count). The summed E-state index contributed by atoms with van der Waals surface area (Å²) in [5.41, 5.74) is 2.91. The summed E-state index contributed by atoms with van der Waals surface area (Å²) >= 11 is 7.22. The predicted molar refractivity (Wildman–Crippen MR) is 132 cm³/mol. The molecular formula is C25H20ClN3O2S. The van der Waals surface area contributed by atoms with Crippen LogP contribution >= 0.6 is 23.4 Å². The maximum Gasteiger partial charge on any atom is 0.267 e. The molecule has 0 radical (unpaired) electrons. The number of rotatable bonds is 6. The molecule has 0 aliphatic carbocycles. The Bertz CT molecular complexity index is 1200. The summed E-state index contributed by atoms with van der Waals surface area (Å²) in [6.45, 7) is 2.26. The van der Waals surface area contributed by atoms with Crippen LogP contribution in [0.25, 0.3) is 6.08 Å². The second-order valence-corrected chi connectivity index (χ2v) is 8.50. The molecule has 3 aromatic rings.